The Kier molecular flexibility index (Phi) is 4.93. The standard InChI is InChI=1S/C16H18N2O4/c1-3-8-17-14(19)10(2)18-15(20)12-9-11-6-4-5-7-13(11)22-16(12)21/h4-7,9-10H,3,8H2,1-2H3,(H,17,19)(H,18,20). The highest BCUT2D eigenvalue weighted by atomic mass is 16.4. The molecule has 2 rings (SSSR count). The van der Waals surface area contributed by atoms with Gasteiger partial charge in [0.05, 0.1) is 0 Å². The smallest absolute Gasteiger partial charge is 0.349 e. The van der Waals surface area contributed by atoms with Gasteiger partial charge in [-0.3, -0.25) is 9.59 Å². The second-order valence-electron chi connectivity index (χ2n) is 4.97. The van der Waals surface area contributed by atoms with Crippen molar-refractivity contribution in [3.8, 4) is 0 Å². The molecule has 0 aliphatic rings. The lowest BCUT2D eigenvalue weighted by atomic mass is 10.1. The van der Waals surface area contributed by atoms with Gasteiger partial charge >= 0.3 is 5.63 Å². The lowest BCUT2D eigenvalue weighted by molar-refractivity contribution is -0.122. The zero-order valence-electron chi connectivity index (χ0n) is 12.5. The molecule has 6 nitrogen and oxygen atoms in total. The molecule has 2 aromatic rings. The normalized spacial score (nSPS) is 11.9. The van der Waals surface area contributed by atoms with Crippen LogP contribution in [0.15, 0.2) is 39.5 Å². The number of amides is 2. The fourth-order valence-corrected chi connectivity index (χ4v) is 1.96. The fourth-order valence-electron chi connectivity index (χ4n) is 1.96. The number of carbonyl (C=O) groups excluding carboxylic acids is 2. The Labute approximate surface area is 127 Å². The molecule has 116 valence electrons. The zero-order chi connectivity index (χ0) is 16.1. The first-order valence-corrected chi connectivity index (χ1v) is 7.14. The van der Waals surface area contributed by atoms with Crippen LogP contribution in [0.5, 0.6) is 0 Å². The van der Waals surface area contributed by atoms with Gasteiger partial charge in [-0.15, -0.1) is 0 Å². The van der Waals surface area contributed by atoms with Crippen LogP contribution in [-0.2, 0) is 4.79 Å². The molecule has 1 heterocycles. The van der Waals surface area contributed by atoms with E-state index in [0.717, 1.165) is 6.42 Å². The molecule has 1 aromatic heterocycles. The van der Waals surface area contributed by atoms with Crippen molar-refractivity contribution in [3.05, 3.63) is 46.3 Å². The van der Waals surface area contributed by atoms with Crippen LogP contribution < -0.4 is 16.3 Å². The van der Waals surface area contributed by atoms with Crippen LogP contribution in [0.25, 0.3) is 11.0 Å². The van der Waals surface area contributed by atoms with Crippen molar-refractivity contribution in [3.63, 3.8) is 0 Å². The number of rotatable bonds is 5. The van der Waals surface area contributed by atoms with Crippen LogP contribution in [-0.4, -0.2) is 24.4 Å². The number of benzene rings is 1. The summed E-state index contributed by atoms with van der Waals surface area (Å²) in [5, 5.41) is 5.83. The van der Waals surface area contributed by atoms with Gasteiger partial charge in [-0.1, -0.05) is 25.1 Å². The van der Waals surface area contributed by atoms with Crippen LogP contribution in [0.4, 0.5) is 0 Å². The van der Waals surface area contributed by atoms with Crippen LogP contribution in [0.3, 0.4) is 0 Å². The van der Waals surface area contributed by atoms with E-state index in [4.69, 9.17) is 4.42 Å². The van der Waals surface area contributed by atoms with Crippen LogP contribution >= 0.6 is 0 Å². The third kappa shape index (κ3) is 3.52. The average Bonchev–Trinajstić information content (AvgIpc) is 2.51. The van der Waals surface area contributed by atoms with E-state index >= 15 is 0 Å². The molecular weight excluding hydrogens is 284 g/mol. The second kappa shape index (κ2) is 6.89. The van der Waals surface area contributed by atoms with Crippen molar-refractivity contribution >= 4 is 22.8 Å². The van der Waals surface area contributed by atoms with Gasteiger partial charge in [-0.25, -0.2) is 4.79 Å². The molecule has 6 heteroatoms. The number of nitrogens with one attached hydrogen (secondary N) is 2. The Morgan fingerprint density at radius 1 is 1.27 bits per heavy atom. The highest BCUT2D eigenvalue weighted by Gasteiger charge is 2.19. The minimum atomic E-state index is -0.732. The average molecular weight is 302 g/mol. The predicted octanol–water partition coefficient (Wildman–Crippen LogP) is 1.44. The summed E-state index contributed by atoms with van der Waals surface area (Å²) in [5.41, 5.74) is -0.427. The number of carbonyl (C=O) groups is 2. The van der Waals surface area contributed by atoms with E-state index in [0.29, 0.717) is 17.5 Å². The SMILES string of the molecule is CCCNC(=O)C(C)NC(=O)c1cc2ccccc2oc1=O. The quantitative estimate of drug-likeness (QED) is 0.818. The molecule has 0 bridgehead atoms. The number of fused-ring (bicyclic) bond motifs is 1. The lowest BCUT2D eigenvalue weighted by Gasteiger charge is -2.13. The van der Waals surface area contributed by atoms with Gasteiger partial charge < -0.3 is 15.1 Å². The van der Waals surface area contributed by atoms with Gasteiger partial charge in [0, 0.05) is 11.9 Å². The van der Waals surface area contributed by atoms with Crippen LogP contribution in [0.1, 0.15) is 30.6 Å². The minimum absolute atomic E-state index is 0.117. The molecule has 0 spiro atoms. The van der Waals surface area contributed by atoms with Crippen LogP contribution in [0.2, 0.25) is 0 Å². The van der Waals surface area contributed by atoms with Gasteiger partial charge in [0.1, 0.15) is 17.2 Å². The summed E-state index contributed by atoms with van der Waals surface area (Å²) in [6, 6.07) is 7.65. The summed E-state index contributed by atoms with van der Waals surface area (Å²) >= 11 is 0. The molecule has 0 aliphatic carbocycles. The Balaban J connectivity index is 2.17. The van der Waals surface area contributed by atoms with E-state index in [1.165, 1.54) is 6.07 Å². The van der Waals surface area contributed by atoms with E-state index in [9.17, 15) is 14.4 Å². The predicted molar refractivity (Wildman–Crippen MR) is 82.7 cm³/mol. The van der Waals surface area contributed by atoms with Gasteiger partial charge in [-0.2, -0.15) is 0 Å². The molecule has 1 atom stereocenters. The lowest BCUT2D eigenvalue weighted by Crippen LogP contribution is -2.45. The third-order valence-corrected chi connectivity index (χ3v) is 3.18. The maximum atomic E-state index is 12.1. The van der Waals surface area contributed by atoms with Crippen molar-refractivity contribution in [2.75, 3.05) is 6.54 Å². The Hall–Kier alpha value is -2.63. The molecule has 1 unspecified atom stereocenters. The second-order valence-corrected chi connectivity index (χ2v) is 4.97. The minimum Gasteiger partial charge on any atom is -0.422 e. The Morgan fingerprint density at radius 3 is 2.73 bits per heavy atom. The van der Waals surface area contributed by atoms with E-state index in [1.54, 1.807) is 31.2 Å². The van der Waals surface area contributed by atoms with Gasteiger partial charge in [0.15, 0.2) is 0 Å². The fraction of sp³-hybridized carbons (Fsp3) is 0.312. The number of hydrogen-bond donors (Lipinski definition) is 2. The molecule has 2 N–H and O–H groups in total. The largest absolute Gasteiger partial charge is 0.422 e. The molecule has 0 fully saturated rings. The Morgan fingerprint density at radius 2 is 2.00 bits per heavy atom. The summed E-state index contributed by atoms with van der Waals surface area (Å²) in [7, 11) is 0. The number of hydrogen-bond acceptors (Lipinski definition) is 4. The Bertz CT molecular complexity index is 751. The maximum absolute atomic E-state index is 12.1. The maximum Gasteiger partial charge on any atom is 0.349 e. The highest BCUT2D eigenvalue weighted by Crippen LogP contribution is 2.12. The van der Waals surface area contributed by atoms with Gasteiger partial charge in [0.2, 0.25) is 5.91 Å². The van der Waals surface area contributed by atoms with E-state index in [2.05, 4.69) is 10.6 Å². The highest BCUT2D eigenvalue weighted by molar-refractivity contribution is 5.99. The summed E-state index contributed by atoms with van der Waals surface area (Å²) in [6.07, 6.45) is 0.806. The third-order valence-electron chi connectivity index (χ3n) is 3.18. The van der Waals surface area contributed by atoms with E-state index in [-0.39, 0.29) is 11.5 Å². The summed E-state index contributed by atoms with van der Waals surface area (Å²) in [6.45, 7) is 4.03. The van der Waals surface area contributed by atoms with E-state index in [1.807, 2.05) is 6.92 Å². The van der Waals surface area contributed by atoms with Crippen molar-refractivity contribution < 1.29 is 14.0 Å². The summed E-state index contributed by atoms with van der Waals surface area (Å²) < 4.78 is 5.10. The van der Waals surface area contributed by atoms with Crippen LogP contribution in [0, 0.1) is 0 Å². The van der Waals surface area contributed by atoms with Crippen molar-refractivity contribution in [2.45, 2.75) is 26.3 Å². The summed E-state index contributed by atoms with van der Waals surface area (Å²) in [4.78, 5) is 35.8. The molecule has 0 aliphatic heterocycles. The van der Waals surface area contributed by atoms with E-state index < -0.39 is 17.6 Å². The van der Waals surface area contributed by atoms with Gasteiger partial charge in [0.25, 0.3) is 5.91 Å². The molecule has 0 saturated carbocycles. The monoisotopic (exact) mass is 302 g/mol. The molecule has 1 aromatic carbocycles. The summed E-state index contributed by atoms with van der Waals surface area (Å²) in [5.74, 6) is -0.918. The van der Waals surface area contributed by atoms with Crippen molar-refractivity contribution in [2.24, 2.45) is 0 Å². The number of para-hydroxylation sites is 1. The molecule has 22 heavy (non-hydrogen) atoms. The molecular formula is C16H18N2O4. The van der Waals surface area contributed by atoms with Gasteiger partial charge in [-0.05, 0) is 25.5 Å². The van der Waals surface area contributed by atoms with Crippen molar-refractivity contribution in [1.29, 1.82) is 0 Å². The van der Waals surface area contributed by atoms with Crippen molar-refractivity contribution in [1.82, 2.24) is 10.6 Å². The first kappa shape index (κ1) is 15.8. The first-order chi connectivity index (χ1) is 10.5. The topological polar surface area (TPSA) is 88.4 Å². The molecule has 0 saturated heterocycles. The zero-order valence-corrected chi connectivity index (χ0v) is 12.5. The first-order valence-electron chi connectivity index (χ1n) is 7.14. The molecule has 0 radical (unpaired) electrons. The molecule has 2 amide bonds.